The number of carbonyl (C=O) groups excluding carboxylic acids is 1. The van der Waals surface area contributed by atoms with Crippen molar-refractivity contribution in [1.29, 1.82) is 0 Å². The van der Waals surface area contributed by atoms with Crippen LogP contribution in [0.1, 0.15) is 44.9 Å². The van der Waals surface area contributed by atoms with Crippen molar-refractivity contribution in [1.82, 2.24) is 10.6 Å². The second kappa shape index (κ2) is 6.48. The fourth-order valence-corrected chi connectivity index (χ4v) is 3.68. The molecule has 0 radical (unpaired) electrons. The fraction of sp³-hybridized carbons (Fsp3) is 0.588. The molecule has 1 spiro atoms. The van der Waals surface area contributed by atoms with Gasteiger partial charge in [0.1, 0.15) is 5.75 Å². The van der Waals surface area contributed by atoms with Crippen LogP contribution in [0.3, 0.4) is 0 Å². The molecule has 1 amide bonds. The Bertz CT molecular complexity index is 463. The maximum absolute atomic E-state index is 12.0. The number of hydrogen-bond donors (Lipinski definition) is 2. The predicted octanol–water partition coefficient (Wildman–Crippen LogP) is 3.23. The van der Waals surface area contributed by atoms with Crippen molar-refractivity contribution >= 4 is 6.09 Å². The molecule has 1 aliphatic heterocycles. The number of hydrogen-bond acceptors (Lipinski definition) is 3. The summed E-state index contributed by atoms with van der Waals surface area (Å²) in [5.41, 5.74) is 0.251. The molecule has 2 N–H and O–H groups in total. The average molecular weight is 288 g/mol. The lowest BCUT2D eigenvalue weighted by Crippen LogP contribution is -2.57. The molecule has 4 nitrogen and oxygen atoms in total. The van der Waals surface area contributed by atoms with E-state index in [9.17, 15) is 4.79 Å². The summed E-state index contributed by atoms with van der Waals surface area (Å²) in [5, 5.41) is 6.73. The maximum Gasteiger partial charge on any atom is 0.412 e. The van der Waals surface area contributed by atoms with E-state index in [0.29, 0.717) is 5.75 Å². The van der Waals surface area contributed by atoms with Crippen LogP contribution in [-0.2, 0) is 0 Å². The van der Waals surface area contributed by atoms with Gasteiger partial charge in [-0.1, -0.05) is 37.5 Å². The summed E-state index contributed by atoms with van der Waals surface area (Å²) in [6.45, 7) is 0.982. The molecule has 3 rings (SSSR count). The smallest absolute Gasteiger partial charge is 0.410 e. The summed E-state index contributed by atoms with van der Waals surface area (Å²) in [7, 11) is 0. The Morgan fingerprint density at radius 1 is 1.19 bits per heavy atom. The van der Waals surface area contributed by atoms with Gasteiger partial charge in [-0.2, -0.15) is 0 Å². The molecule has 1 unspecified atom stereocenters. The number of rotatable bonds is 2. The third-order valence-electron chi connectivity index (χ3n) is 4.72. The number of piperidine rings is 1. The Morgan fingerprint density at radius 2 is 1.95 bits per heavy atom. The van der Waals surface area contributed by atoms with Gasteiger partial charge in [-0.05, 0) is 44.4 Å². The van der Waals surface area contributed by atoms with Crippen molar-refractivity contribution < 1.29 is 9.53 Å². The van der Waals surface area contributed by atoms with Crippen LogP contribution >= 0.6 is 0 Å². The second-order valence-electron chi connectivity index (χ2n) is 6.30. The van der Waals surface area contributed by atoms with E-state index >= 15 is 0 Å². The van der Waals surface area contributed by atoms with Crippen LogP contribution in [-0.4, -0.2) is 24.2 Å². The predicted molar refractivity (Wildman–Crippen MR) is 82.4 cm³/mol. The third-order valence-corrected chi connectivity index (χ3v) is 4.72. The van der Waals surface area contributed by atoms with Gasteiger partial charge in [-0.15, -0.1) is 0 Å². The molecule has 1 atom stereocenters. The zero-order chi connectivity index (χ0) is 14.5. The Kier molecular flexibility index (Phi) is 4.44. The number of ether oxygens (including phenoxy) is 1. The van der Waals surface area contributed by atoms with Crippen molar-refractivity contribution in [2.75, 3.05) is 6.54 Å². The minimum absolute atomic E-state index is 0.223. The molecular weight excluding hydrogens is 264 g/mol. The molecule has 114 valence electrons. The van der Waals surface area contributed by atoms with Crippen LogP contribution in [0.4, 0.5) is 4.79 Å². The van der Waals surface area contributed by atoms with Crippen LogP contribution in [0, 0.1) is 0 Å². The molecule has 1 aromatic carbocycles. The van der Waals surface area contributed by atoms with Gasteiger partial charge in [0.15, 0.2) is 0 Å². The van der Waals surface area contributed by atoms with Crippen molar-refractivity contribution in [2.45, 2.75) is 56.5 Å². The van der Waals surface area contributed by atoms with E-state index in [0.717, 1.165) is 19.4 Å². The molecule has 0 bridgehead atoms. The van der Waals surface area contributed by atoms with Gasteiger partial charge in [0, 0.05) is 11.6 Å². The Balaban J connectivity index is 1.53. The lowest BCUT2D eigenvalue weighted by molar-refractivity contribution is 0.148. The summed E-state index contributed by atoms with van der Waals surface area (Å²) in [4.78, 5) is 12.0. The summed E-state index contributed by atoms with van der Waals surface area (Å²) in [5.74, 6) is 0.594. The number of carbonyl (C=O) groups is 1. The van der Waals surface area contributed by atoms with Gasteiger partial charge < -0.3 is 15.4 Å². The third kappa shape index (κ3) is 3.76. The summed E-state index contributed by atoms with van der Waals surface area (Å²) in [6, 6.07) is 9.45. The molecule has 1 heterocycles. The Labute approximate surface area is 126 Å². The lowest BCUT2D eigenvalue weighted by Gasteiger charge is -2.44. The first-order valence-electron chi connectivity index (χ1n) is 8.04. The highest BCUT2D eigenvalue weighted by Gasteiger charge is 2.37. The SMILES string of the molecule is O=C(NC1CCNC2(CCCCC2)C1)Oc1ccccc1. The molecule has 2 fully saturated rings. The standard InChI is InChI=1S/C17H24N2O2/c20-16(21-15-7-3-1-4-8-15)19-14-9-12-18-17(13-14)10-5-2-6-11-17/h1,3-4,7-8,14,18H,2,5-6,9-13H2,(H,19,20). The van der Waals surface area contributed by atoms with Crippen molar-refractivity contribution in [2.24, 2.45) is 0 Å². The molecule has 0 aromatic heterocycles. The van der Waals surface area contributed by atoms with Crippen LogP contribution in [0.25, 0.3) is 0 Å². The van der Waals surface area contributed by atoms with E-state index in [1.807, 2.05) is 18.2 Å². The molecule has 2 aliphatic rings. The van der Waals surface area contributed by atoms with Gasteiger partial charge >= 0.3 is 6.09 Å². The first kappa shape index (κ1) is 14.4. The molecular formula is C17H24N2O2. The topological polar surface area (TPSA) is 50.4 Å². The van der Waals surface area contributed by atoms with E-state index in [-0.39, 0.29) is 17.7 Å². The highest BCUT2D eigenvalue weighted by Crippen LogP contribution is 2.34. The average Bonchev–Trinajstić information content (AvgIpc) is 2.49. The van der Waals surface area contributed by atoms with Crippen LogP contribution in [0.15, 0.2) is 30.3 Å². The fourth-order valence-electron chi connectivity index (χ4n) is 3.68. The Morgan fingerprint density at radius 3 is 2.71 bits per heavy atom. The lowest BCUT2D eigenvalue weighted by atomic mass is 9.75. The normalized spacial score (nSPS) is 24.5. The molecule has 1 saturated carbocycles. The Hall–Kier alpha value is -1.55. The minimum Gasteiger partial charge on any atom is -0.410 e. The highest BCUT2D eigenvalue weighted by atomic mass is 16.6. The quantitative estimate of drug-likeness (QED) is 0.878. The van der Waals surface area contributed by atoms with Gasteiger partial charge in [-0.25, -0.2) is 4.79 Å². The molecule has 4 heteroatoms. The van der Waals surface area contributed by atoms with Gasteiger partial charge in [0.2, 0.25) is 0 Å². The van der Waals surface area contributed by atoms with Gasteiger partial charge in [-0.3, -0.25) is 0 Å². The number of nitrogens with one attached hydrogen (secondary N) is 2. The first-order chi connectivity index (χ1) is 10.3. The molecule has 1 aliphatic carbocycles. The van der Waals surface area contributed by atoms with Crippen molar-refractivity contribution in [3.63, 3.8) is 0 Å². The van der Waals surface area contributed by atoms with E-state index in [2.05, 4.69) is 10.6 Å². The van der Waals surface area contributed by atoms with Crippen LogP contribution in [0.5, 0.6) is 5.75 Å². The van der Waals surface area contributed by atoms with Gasteiger partial charge in [0.05, 0.1) is 0 Å². The van der Waals surface area contributed by atoms with E-state index in [1.54, 1.807) is 12.1 Å². The van der Waals surface area contributed by atoms with Crippen molar-refractivity contribution in [3.8, 4) is 5.75 Å². The van der Waals surface area contributed by atoms with E-state index in [4.69, 9.17) is 4.74 Å². The monoisotopic (exact) mass is 288 g/mol. The molecule has 21 heavy (non-hydrogen) atoms. The van der Waals surface area contributed by atoms with Crippen molar-refractivity contribution in [3.05, 3.63) is 30.3 Å². The zero-order valence-electron chi connectivity index (χ0n) is 12.4. The number of benzene rings is 1. The largest absolute Gasteiger partial charge is 0.412 e. The van der Waals surface area contributed by atoms with Gasteiger partial charge in [0.25, 0.3) is 0 Å². The van der Waals surface area contributed by atoms with E-state index < -0.39 is 0 Å². The second-order valence-corrected chi connectivity index (χ2v) is 6.30. The zero-order valence-corrected chi connectivity index (χ0v) is 12.4. The molecule has 1 saturated heterocycles. The van der Waals surface area contributed by atoms with Crippen LogP contribution < -0.4 is 15.4 Å². The van der Waals surface area contributed by atoms with Crippen LogP contribution in [0.2, 0.25) is 0 Å². The highest BCUT2D eigenvalue weighted by molar-refractivity contribution is 5.70. The summed E-state index contributed by atoms with van der Waals surface area (Å²) < 4.78 is 5.32. The number of para-hydroxylation sites is 1. The van der Waals surface area contributed by atoms with E-state index in [1.165, 1.54) is 32.1 Å². The summed E-state index contributed by atoms with van der Waals surface area (Å²) in [6.07, 6.45) is 8.08. The number of amides is 1. The molecule has 1 aromatic rings. The minimum atomic E-state index is -0.334. The first-order valence-corrected chi connectivity index (χ1v) is 8.04. The summed E-state index contributed by atoms with van der Waals surface area (Å²) >= 11 is 0. The maximum atomic E-state index is 12.0.